The fourth-order valence-electron chi connectivity index (χ4n) is 3.06. The average Bonchev–Trinajstić information content (AvgIpc) is 3.23. The quantitative estimate of drug-likeness (QED) is 0.652. The molecule has 0 amide bonds. The SMILES string of the molecule is CC(C)OCC1(CN2CCC(COC(C)(C)C(F)(F)F)CC2)CC1. The number of likely N-dealkylation sites (tertiary alicyclic amines) is 1. The highest BCUT2D eigenvalue weighted by atomic mass is 19.4. The van der Waals surface area contributed by atoms with Gasteiger partial charge in [0.05, 0.1) is 19.3 Å². The number of piperidine rings is 1. The van der Waals surface area contributed by atoms with Crippen LogP contribution >= 0.6 is 0 Å². The molecule has 0 aromatic carbocycles. The molecule has 2 rings (SSSR count). The lowest BCUT2D eigenvalue weighted by atomic mass is 9.96. The van der Waals surface area contributed by atoms with E-state index >= 15 is 0 Å². The molecule has 1 heterocycles. The summed E-state index contributed by atoms with van der Waals surface area (Å²) < 4.78 is 49.4. The van der Waals surface area contributed by atoms with Crippen molar-refractivity contribution in [3.8, 4) is 0 Å². The highest BCUT2D eigenvalue weighted by Gasteiger charge is 2.49. The van der Waals surface area contributed by atoms with Crippen molar-refractivity contribution in [2.75, 3.05) is 32.8 Å². The van der Waals surface area contributed by atoms with Gasteiger partial charge in [-0.3, -0.25) is 0 Å². The van der Waals surface area contributed by atoms with E-state index < -0.39 is 11.8 Å². The van der Waals surface area contributed by atoms with E-state index in [1.54, 1.807) is 0 Å². The molecule has 1 saturated carbocycles. The Morgan fingerprint density at radius 2 is 1.71 bits per heavy atom. The fourth-order valence-corrected chi connectivity index (χ4v) is 3.06. The highest BCUT2D eigenvalue weighted by Crippen LogP contribution is 2.47. The molecule has 24 heavy (non-hydrogen) atoms. The van der Waals surface area contributed by atoms with Gasteiger partial charge in [-0.05, 0) is 72.4 Å². The second-order valence-corrected chi connectivity index (χ2v) is 8.40. The van der Waals surface area contributed by atoms with Crippen molar-refractivity contribution in [2.24, 2.45) is 11.3 Å². The van der Waals surface area contributed by atoms with E-state index in [0.717, 1.165) is 52.9 Å². The first-order chi connectivity index (χ1) is 11.0. The Labute approximate surface area is 143 Å². The maximum absolute atomic E-state index is 12.8. The Bertz CT molecular complexity index is 398. The Hall–Kier alpha value is -0.330. The predicted molar refractivity (Wildman–Crippen MR) is 88.0 cm³/mol. The zero-order chi connectivity index (χ0) is 18.0. The molecule has 0 unspecified atom stereocenters. The number of hydrogen-bond donors (Lipinski definition) is 0. The Morgan fingerprint density at radius 1 is 1.12 bits per heavy atom. The molecule has 0 radical (unpaired) electrons. The van der Waals surface area contributed by atoms with E-state index in [-0.39, 0.29) is 18.6 Å². The molecular weight excluding hydrogens is 319 g/mol. The number of hydrogen-bond acceptors (Lipinski definition) is 3. The van der Waals surface area contributed by atoms with E-state index in [1.807, 2.05) is 0 Å². The van der Waals surface area contributed by atoms with Gasteiger partial charge < -0.3 is 14.4 Å². The summed E-state index contributed by atoms with van der Waals surface area (Å²) in [6, 6.07) is 0. The summed E-state index contributed by atoms with van der Waals surface area (Å²) in [5.41, 5.74) is -1.73. The van der Waals surface area contributed by atoms with Gasteiger partial charge in [-0.1, -0.05) is 0 Å². The molecule has 142 valence electrons. The molecule has 0 aromatic heterocycles. The van der Waals surface area contributed by atoms with Crippen LogP contribution in [0.2, 0.25) is 0 Å². The summed E-state index contributed by atoms with van der Waals surface area (Å²) in [6.45, 7) is 10.3. The third kappa shape index (κ3) is 5.60. The molecule has 0 atom stereocenters. The van der Waals surface area contributed by atoms with Crippen molar-refractivity contribution >= 4 is 0 Å². The molecule has 1 aliphatic carbocycles. The zero-order valence-corrected chi connectivity index (χ0v) is 15.4. The van der Waals surface area contributed by atoms with Crippen LogP contribution in [0.5, 0.6) is 0 Å². The van der Waals surface area contributed by atoms with E-state index in [4.69, 9.17) is 9.47 Å². The minimum absolute atomic E-state index is 0.196. The summed E-state index contributed by atoms with van der Waals surface area (Å²) >= 11 is 0. The molecule has 0 spiro atoms. The van der Waals surface area contributed by atoms with Crippen LogP contribution in [0.4, 0.5) is 13.2 Å². The summed E-state index contributed by atoms with van der Waals surface area (Å²) in [6.07, 6.45) is 0.222. The maximum atomic E-state index is 12.8. The summed E-state index contributed by atoms with van der Waals surface area (Å²) in [4.78, 5) is 2.45. The topological polar surface area (TPSA) is 21.7 Å². The lowest BCUT2D eigenvalue weighted by molar-refractivity contribution is -0.267. The van der Waals surface area contributed by atoms with Crippen LogP contribution < -0.4 is 0 Å². The van der Waals surface area contributed by atoms with E-state index in [9.17, 15) is 13.2 Å². The molecular formula is C18H32F3NO2. The molecule has 1 saturated heterocycles. The van der Waals surface area contributed by atoms with E-state index in [2.05, 4.69) is 18.7 Å². The van der Waals surface area contributed by atoms with Crippen LogP contribution in [0.3, 0.4) is 0 Å². The molecule has 6 heteroatoms. The van der Waals surface area contributed by atoms with Gasteiger partial charge in [0.15, 0.2) is 5.60 Å². The van der Waals surface area contributed by atoms with Crippen LogP contribution in [-0.4, -0.2) is 55.6 Å². The zero-order valence-electron chi connectivity index (χ0n) is 15.4. The average molecular weight is 351 g/mol. The number of nitrogens with zero attached hydrogens (tertiary/aromatic N) is 1. The maximum Gasteiger partial charge on any atom is 0.416 e. The largest absolute Gasteiger partial charge is 0.416 e. The predicted octanol–water partition coefficient (Wildman–Crippen LogP) is 4.26. The number of halogens is 3. The summed E-state index contributed by atoms with van der Waals surface area (Å²) in [5, 5.41) is 0. The lowest BCUT2D eigenvalue weighted by Gasteiger charge is -2.36. The highest BCUT2D eigenvalue weighted by molar-refractivity contribution is 4.96. The van der Waals surface area contributed by atoms with Gasteiger partial charge >= 0.3 is 6.18 Å². The third-order valence-electron chi connectivity index (χ3n) is 5.31. The van der Waals surface area contributed by atoms with Crippen molar-refractivity contribution in [1.29, 1.82) is 0 Å². The fraction of sp³-hybridized carbons (Fsp3) is 1.00. The summed E-state index contributed by atoms with van der Waals surface area (Å²) in [5.74, 6) is 0.227. The molecule has 2 aliphatic rings. The van der Waals surface area contributed by atoms with Crippen LogP contribution in [0, 0.1) is 11.3 Å². The van der Waals surface area contributed by atoms with Gasteiger partial charge in [0.1, 0.15) is 0 Å². The Balaban J connectivity index is 1.69. The van der Waals surface area contributed by atoms with Crippen molar-refractivity contribution in [2.45, 2.75) is 71.3 Å². The van der Waals surface area contributed by atoms with Crippen LogP contribution in [-0.2, 0) is 9.47 Å². The minimum atomic E-state index is -4.32. The second kappa shape index (κ2) is 7.50. The van der Waals surface area contributed by atoms with Crippen molar-refractivity contribution in [1.82, 2.24) is 4.90 Å². The monoisotopic (exact) mass is 351 g/mol. The smallest absolute Gasteiger partial charge is 0.378 e. The molecule has 3 nitrogen and oxygen atoms in total. The lowest BCUT2D eigenvalue weighted by Crippen LogP contribution is -2.44. The van der Waals surface area contributed by atoms with Crippen molar-refractivity contribution < 1.29 is 22.6 Å². The first kappa shape index (κ1) is 20.0. The first-order valence-electron chi connectivity index (χ1n) is 9.08. The first-order valence-corrected chi connectivity index (χ1v) is 9.08. The van der Waals surface area contributed by atoms with Gasteiger partial charge in [-0.15, -0.1) is 0 Å². The van der Waals surface area contributed by atoms with Gasteiger partial charge in [0, 0.05) is 12.0 Å². The van der Waals surface area contributed by atoms with E-state index in [1.165, 1.54) is 12.8 Å². The van der Waals surface area contributed by atoms with Crippen molar-refractivity contribution in [3.63, 3.8) is 0 Å². The molecule has 0 aromatic rings. The minimum Gasteiger partial charge on any atom is -0.378 e. The van der Waals surface area contributed by atoms with Crippen LogP contribution in [0.1, 0.15) is 53.4 Å². The van der Waals surface area contributed by atoms with Gasteiger partial charge in [-0.25, -0.2) is 0 Å². The Morgan fingerprint density at radius 3 is 2.17 bits per heavy atom. The van der Waals surface area contributed by atoms with Gasteiger partial charge in [-0.2, -0.15) is 13.2 Å². The number of rotatable bonds is 8. The van der Waals surface area contributed by atoms with Gasteiger partial charge in [0.2, 0.25) is 0 Å². The second-order valence-electron chi connectivity index (χ2n) is 8.40. The van der Waals surface area contributed by atoms with Crippen molar-refractivity contribution in [3.05, 3.63) is 0 Å². The molecule has 0 bridgehead atoms. The third-order valence-corrected chi connectivity index (χ3v) is 5.31. The normalized spacial score (nSPS) is 23.0. The molecule has 2 fully saturated rings. The van der Waals surface area contributed by atoms with E-state index in [0.29, 0.717) is 5.41 Å². The molecule has 1 aliphatic heterocycles. The summed E-state index contributed by atoms with van der Waals surface area (Å²) in [7, 11) is 0. The standard InChI is InChI=1S/C18H32F3NO2/c1-14(2)23-13-17(7-8-17)12-22-9-5-15(6-10-22)11-24-16(3,4)18(19,20)21/h14-15H,5-13H2,1-4H3. The molecule has 0 N–H and O–H groups in total. The Kier molecular flexibility index (Phi) is 6.25. The van der Waals surface area contributed by atoms with Crippen LogP contribution in [0.15, 0.2) is 0 Å². The van der Waals surface area contributed by atoms with Gasteiger partial charge in [0.25, 0.3) is 0 Å². The van der Waals surface area contributed by atoms with Crippen LogP contribution in [0.25, 0.3) is 0 Å². The number of ether oxygens (including phenoxy) is 2. The number of alkyl halides is 3.